The minimum Gasteiger partial charge on any atom is -0.446 e. The average Bonchev–Trinajstić information content (AvgIpc) is 3.21. The maximum Gasteiger partial charge on any atom is 0.449 e. The lowest BCUT2D eigenvalue weighted by atomic mass is 9.50. The number of alkyl halides is 3. The summed E-state index contributed by atoms with van der Waals surface area (Å²) in [5.41, 5.74) is 1.17. The van der Waals surface area contributed by atoms with Crippen LogP contribution in [0, 0.1) is 5.41 Å². The zero-order valence-corrected chi connectivity index (χ0v) is 16.6. The van der Waals surface area contributed by atoms with Crippen LogP contribution in [0.5, 0.6) is 0 Å². The fourth-order valence-electron chi connectivity index (χ4n) is 4.54. The molecule has 1 N–H and O–H groups in total. The lowest BCUT2D eigenvalue weighted by Crippen LogP contribution is -2.55. The Hall–Kier alpha value is -2.06. The van der Waals surface area contributed by atoms with Crippen molar-refractivity contribution >= 4 is 39.1 Å². The highest BCUT2D eigenvalue weighted by molar-refractivity contribution is 7.18. The van der Waals surface area contributed by atoms with Gasteiger partial charge in [0.1, 0.15) is 0 Å². The van der Waals surface area contributed by atoms with Crippen molar-refractivity contribution in [2.24, 2.45) is 5.41 Å². The second-order valence-corrected chi connectivity index (χ2v) is 9.51. The van der Waals surface area contributed by atoms with Crippen LogP contribution in [0.15, 0.2) is 34.7 Å². The Morgan fingerprint density at radius 3 is 2.66 bits per heavy atom. The lowest BCUT2D eigenvalue weighted by molar-refractivity contribution is -0.153. The third-order valence-corrected chi connectivity index (χ3v) is 7.29. The summed E-state index contributed by atoms with van der Waals surface area (Å²) in [4.78, 5) is 16.8. The molecule has 152 valence electrons. The third kappa shape index (κ3) is 3.42. The summed E-state index contributed by atoms with van der Waals surface area (Å²) >= 11 is 7.71. The van der Waals surface area contributed by atoms with Crippen LogP contribution < -0.4 is 5.32 Å². The standard InChI is InChI=1S/C20H16ClF3N2O2S/c21-11-1-2-13-15(5-11)29-18(26-13)10-6-19(7-10)8-12(9-19)25-17(27)14-3-4-16(28-14)20(22,23)24/h1-5,10,12H,6-9H2,(H,25,27). The number of carbonyl (C=O) groups is 1. The van der Waals surface area contributed by atoms with Gasteiger partial charge in [0.05, 0.1) is 15.2 Å². The molecular weight excluding hydrogens is 425 g/mol. The Morgan fingerprint density at radius 2 is 1.97 bits per heavy atom. The first-order chi connectivity index (χ1) is 13.7. The number of nitrogens with zero attached hydrogens (tertiary/aromatic N) is 1. The summed E-state index contributed by atoms with van der Waals surface area (Å²) in [5, 5.41) is 4.60. The highest BCUT2D eigenvalue weighted by Crippen LogP contribution is 2.62. The van der Waals surface area contributed by atoms with Crippen molar-refractivity contribution in [1.29, 1.82) is 0 Å². The molecule has 1 amide bonds. The van der Waals surface area contributed by atoms with Gasteiger partial charge in [0, 0.05) is 17.0 Å². The van der Waals surface area contributed by atoms with Crippen molar-refractivity contribution in [2.75, 3.05) is 0 Å². The van der Waals surface area contributed by atoms with Crippen LogP contribution >= 0.6 is 22.9 Å². The molecular formula is C20H16ClF3N2O2S. The molecule has 1 spiro atoms. The number of hydrogen-bond acceptors (Lipinski definition) is 4. The minimum absolute atomic E-state index is 0.0305. The highest BCUT2D eigenvalue weighted by Gasteiger charge is 2.54. The molecule has 29 heavy (non-hydrogen) atoms. The summed E-state index contributed by atoms with van der Waals surface area (Å²) in [5.74, 6) is -1.65. The highest BCUT2D eigenvalue weighted by atomic mass is 35.5. The maximum atomic E-state index is 12.6. The van der Waals surface area contributed by atoms with E-state index < -0.39 is 17.8 Å². The Kier molecular flexibility index (Phi) is 4.22. The van der Waals surface area contributed by atoms with Gasteiger partial charge in [-0.1, -0.05) is 11.6 Å². The van der Waals surface area contributed by atoms with Crippen molar-refractivity contribution in [3.63, 3.8) is 0 Å². The fourth-order valence-corrected chi connectivity index (χ4v) is 5.88. The van der Waals surface area contributed by atoms with Gasteiger partial charge in [0.15, 0.2) is 5.76 Å². The van der Waals surface area contributed by atoms with Crippen LogP contribution in [0.3, 0.4) is 0 Å². The van der Waals surface area contributed by atoms with Gasteiger partial charge in [-0.2, -0.15) is 13.2 Å². The first kappa shape index (κ1) is 18.9. The van der Waals surface area contributed by atoms with Gasteiger partial charge < -0.3 is 9.73 Å². The Bertz CT molecular complexity index is 1090. The van der Waals surface area contributed by atoms with Crippen LogP contribution in [0.4, 0.5) is 13.2 Å². The minimum atomic E-state index is -4.59. The monoisotopic (exact) mass is 440 g/mol. The predicted molar refractivity (Wildman–Crippen MR) is 103 cm³/mol. The molecule has 9 heteroatoms. The quantitative estimate of drug-likeness (QED) is 0.542. The summed E-state index contributed by atoms with van der Waals surface area (Å²) in [6, 6.07) is 7.51. The van der Waals surface area contributed by atoms with Crippen molar-refractivity contribution in [3.05, 3.63) is 51.9 Å². The van der Waals surface area contributed by atoms with Gasteiger partial charge in [-0.05, 0) is 61.4 Å². The average molecular weight is 441 g/mol. The van der Waals surface area contributed by atoms with Crippen LogP contribution in [0.1, 0.15) is 52.9 Å². The molecule has 2 heterocycles. The van der Waals surface area contributed by atoms with Crippen molar-refractivity contribution in [1.82, 2.24) is 10.3 Å². The van der Waals surface area contributed by atoms with E-state index in [0.29, 0.717) is 10.9 Å². The van der Waals surface area contributed by atoms with Crippen LogP contribution in [0.25, 0.3) is 10.2 Å². The number of benzene rings is 1. The predicted octanol–water partition coefficient (Wildman–Crippen LogP) is 6.02. The number of thiazole rings is 1. The van der Waals surface area contributed by atoms with Gasteiger partial charge >= 0.3 is 6.18 Å². The number of nitrogens with one attached hydrogen (secondary N) is 1. The van der Waals surface area contributed by atoms with Crippen LogP contribution in [0.2, 0.25) is 5.02 Å². The largest absolute Gasteiger partial charge is 0.449 e. The SMILES string of the molecule is O=C(NC1CC2(C1)CC(c1nc3ccc(Cl)cc3s1)C2)c1ccc(C(F)(F)F)o1. The van der Waals surface area contributed by atoms with Gasteiger partial charge in [-0.15, -0.1) is 11.3 Å². The third-order valence-electron chi connectivity index (χ3n) is 5.88. The van der Waals surface area contributed by atoms with Gasteiger partial charge in [0.2, 0.25) is 5.76 Å². The van der Waals surface area contributed by atoms with E-state index in [2.05, 4.69) is 9.73 Å². The molecule has 2 aromatic heterocycles. The van der Waals surface area contributed by atoms with Gasteiger partial charge in [-0.3, -0.25) is 4.79 Å². The zero-order chi connectivity index (χ0) is 20.4. The molecule has 0 unspecified atom stereocenters. The molecule has 2 fully saturated rings. The second-order valence-electron chi connectivity index (χ2n) is 8.01. The van der Waals surface area contributed by atoms with Gasteiger partial charge in [0.25, 0.3) is 5.91 Å². The maximum absolute atomic E-state index is 12.6. The first-order valence-corrected chi connectivity index (χ1v) is 10.4. The number of hydrogen-bond donors (Lipinski definition) is 1. The summed E-state index contributed by atoms with van der Waals surface area (Å²) in [7, 11) is 0. The van der Waals surface area contributed by atoms with Crippen LogP contribution in [-0.4, -0.2) is 16.9 Å². The Labute approximate surface area is 173 Å². The summed E-state index contributed by atoms with van der Waals surface area (Å²) in [6.45, 7) is 0. The molecule has 0 radical (unpaired) electrons. The number of halogens is 4. The van der Waals surface area contributed by atoms with E-state index in [-0.39, 0.29) is 17.2 Å². The van der Waals surface area contributed by atoms with Crippen molar-refractivity contribution in [2.45, 2.75) is 43.8 Å². The van der Waals surface area contributed by atoms with E-state index in [1.165, 1.54) is 0 Å². The van der Waals surface area contributed by atoms with E-state index in [4.69, 9.17) is 16.6 Å². The molecule has 1 aromatic carbocycles. The first-order valence-electron chi connectivity index (χ1n) is 9.25. The Morgan fingerprint density at radius 1 is 1.21 bits per heavy atom. The molecule has 2 saturated carbocycles. The van der Waals surface area contributed by atoms with Crippen molar-refractivity contribution < 1.29 is 22.4 Å². The topological polar surface area (TPSA) is 55.1 Å². The number of aromatic nitrogens is 1. The lowest BCUT2D eigenvalue weighted by Gasteiger charge is -2.57. The Balaban J connectivity index is 1.15. The molecule has 2 aliphatic carbocycles. The smallest absolute Gasteiger partial charge is 0.446 e. The number of furan rings is 1. The molecule has 2 aliphatic rings. The number of carbonyl (C=O) groups excluding carboxylic acids is 1. The summed E-state index contributed by atoms with van der Waals surface area (Å²) in [6.07, 6.45) is -0.888. The van der Waals surface area contributed by atoms with E-state index in [1.54, 1.807) is 11.3 Å². The fraction of sp³-hybridized carbons (Fsp3) is 0.400. The molecule has 4 nitrogen and oxygen atoms in total. The van der Waals surface area contributed by atoms with Crippen LogP contribution in [-0.2, 0) is 6.18 Å². The van der Waals surface area contributed by atoms with E-state index in [9.17, 15) is 18.0 Å². The van der Waals surface area contributed by atoms with E-state index in [0.717, 1.165) is 53.0 Å². The molecule has 5 rings (SSSR count). The molecule has 0 bridgehead atoms. The zero-order valence-electron chi connectivity index (χ0n) is 15.1. The number of rotatable bonds is 3. The molecule has 3 aromatic rings. The molecule has 0 aliphatic heterocycles. The number of fused-ring (bicyclic) bond motifs is 1. The number of amides is 1. The van der Waals surface area contributed by atoms with Crippen molar-refractivity contribution in [3.8, 4) is 0 Å². The molecule has 0 atom stereocenters. The van der Waals surface area contributed by atoms with Gasteiger partial charge in [-0.25, -0.2) is 4.98 Å². The normalized spacial score (nSPS) is 26.3. The van der Waals surface area contributed by atoms with E-state index >= 15 is 0 Å². The van der Waals surface area contributed by atoms with E-state index in [1.807, 2.05) is 18.2 Å². The second kappa shape index (κ2) is 6.47. The molecule has 0 saturated heterocycles. The summed E-state index contributed by atoms with van der Waals surface area (Å²) < 4.78 is 43.5.